The molecule has 0 fully saturated rings. The number of hydrogen-bond donors (Lipinski definition) is 2. The van der Waals surface area contributed by atoms with E-state index in [1.807, 2.05) is 6.26 Å². The van der Waals surface area contributed by atoms with E-state index >= 15 is 0 Å². The van der Waals surface area contributed by atoms with Crippen LogP contribution in [0.2, 0.25) is 0 Å². The summed E-state index contributed by atoms with van der Waals surface area (Å²) in [5.74, 6) is -0.752. The van der Waals surface area contributed by atoms with Crippen molar-refractivity contribution in [2.45, 2.75) is 12.5 Å². The Hall–Kier alpha value is -1.82. The van der Waals surface area contributed by atoms with Gasteiger partial charge in [0.25, 0.3) is 0 Å². The molecule has 5 nitrogen and oxygen atoms in total. The largest absolute Gasteiger partial charge is 0.480 e. The molecule has 1 aromatic rings. The quantitative estimate of drug-likeness (QED) is 0.738. The maximum Gasteiger partial charge on any atom is 0.326 e. The maximum atomic E-state index is 11.6. The molecule has 6 heteroatoms. The number of hydrogen-bond acceptors (Lipinski definition) is 4. The third-order valence-electron chi connectivity index (χ3n) is 2.34. The van der Waals surface area contributed by atoms with Gasteiger partial charge in [-0.15, -0.1) is 0 Å². The molecule has 0 spiro atoms. The molecule has 102 valence electrons. The number of aromatic nitrogens is 1. The van der Waals surface area contributed by atoms with Gasteiger partial charge in [0.15, 0.2) is 0 Å². The zero-order valence-corrected chi connectivity index (χ0v) is 11.4. The lowest BCUT2D eigenvalue weighted by Crippen LogP contribution is -2.40. The van der Waals surface area contributed by atoms with E-state index in [-0.39, 0.29) is 0 Å². The highest BCUT2D eigenvalue weighted by Gasteiger charge is 2.17. The maximum absolute atomic E-state index is 11.6. The number of nitrogens with zero attached hydrogens (tertiary/aromatic N) is 1. The molecule has 1 amide bonds. The fourth-order valence-electron chi connectivity index (χ4n) is 1.36. The average Bonchev–Trinajstić information content (AvgIpc) is 2.42. The van der Waals surface area contributed by atoms with E-state index in [0.29, 0.717) is 12.2 Å². The van der Waals surface area contributed by atoms with Crippen LogP contribution >= 0.6 is 11.8 Å². The number of carbonyl (C=O) groups is 2. The van der Waals surface area contributed by atoms with E-state index in [1.54, 1.807) is 42.4 Å². The highest BCUT2D eigenvalue weighted by molar-refractivity contribution is 7.98. The second-order valence-electron chi connectivity index (χ2n) is 3.80. The lowest BCUT2D eigenvalue weighted by atomic mass is 10.2. The van der Waals surface area contributed by atoms with E-state index in [2.05, 4.69) is 10.3 Å². The predicted octanol–water partition coefficient (Wildman–Crippen LogP) is 1.42. The molecule has 0 aliphatic rings. The highest BCUT2D eigenvalue weighted by atomic mass is 32.2. The summed E-state index contributed by atoms with van der Waals surface area (Å²) in [4.78, 5) is 26.5. The number of carboxylic acids is 1. The summed E-state index contributed by atoms with van der Waals surface area (Å²) in [5, 5.41) is 11.4. The third-order valence-corrected chi connectivity index (χ3v) is 2.98. The minimum Gasteiger partial charge on any atom is -0.480 e. The minimum atomic E-state index is -1.02. The van der Waals surface area contributed by atoms with E-state index in [1.165, 1.54) is 6.08 Å². The number of pyridine rings is 1. The van der Waals surface area contributed by atoms with Crippen LogP contribution in [-0.4, -0.2) is 40.0 Å². The molecule has 19 heavy (non-hydrogen) atoms. The summed E-state index contributed by atoms with van der Waals surface area (Å²) in [6.45, 7) is 0. The molecule has 1 rings (SSSR count). The summed E-state index contributed by atoms with van der Waals surface area (Å²) in [7, 11) is 0. The average molecular weight is 280 g/mol. The zero-order chi connectivity index (χ0) is 14.1. The van der Waals surface area contributed by atoms with Crippen molar-refractivity contribution in [3.63, 3.8) is 0 Å². The first-order valence-corrected chi connectivity index (χ1v) is 7.13. The molecule has 0 aliphatic carbocycles. The normalized spacial score (nSPS) is 12.3. The van der Waals surface area contributed by atoms with E-state index in [4.69, 9.17) is 5.11 Å². The highest BCUT2D eigenvalue weighted by Crippen LogP contribution is 2.02. The SMILES string of the molecule is CSCC[C@@H](NC(=O)/C=C/c1cccnc1)C(=O)O. The number of amides is 1. The van der Waals surface area contributed by atoms with Crippen molar-refractivity contribution < 1.29 is 14.7 Å². The Labute approximate surface area is 116 Å². The Balaban J connectivity index is 2.53. The van der Waals surface area contributed by atoms with Crippen LogP contribution in [0.4, 0.5) is 0 Å². The van der Waals surface area contributed by atoms with Gasteiger partial charge in [0.1, 0.15) is 6.04 Å². The monoisotopic (exact) mass is 280 g/mol. The molecular formula is C13H16N2O3S. The first kappa shape index (κ1) is 15.2. The van der Waals surface area contributed by atoms with Gasteiger partial charge in [-0.3, -0.25) is 9.78 Å². The van der Waals surface area contributed by atoms with Crippen LogP contribution in [0.5, 0.6) is 0 Å². The van der Waals surface area contributed by atoms with Gasteiger partial charge in [-0.25, -0.2) is 4.79 Å². The lowest BCUT2D eigenvalue weighted by molar-refractivity contribution is -0.141. The fraction of sp³-hybridized carbons (Fsp3) is 0.308. The van der Waals surface area contributed by atoms with E-state index in [0.717, 1.165) is 5.56 Å². The molecule has 0 saturated heterocycles. The molecule has 0 aliphatic heterocycles. The standard InChI is InChI=1S/C13H16N2O3S/c1-19-8-6-11(13(17)18)15-12(16)5-4-10-3-2-7-14-9-10/h2-5,7,9,11H,6,8H2,1H3,(H,15,16)(H,17,18)/b5-4+/t11-/m1/s1. The van der Waals surface area contributed by atoms with Gasteiger partial charge in [-0.2, -0.15) is 11.8 Å². The van der Waals surface area contributed by atoms with Crippen molar-refractivity contribution in [2.75, 3.05) is 12.0 Å². The summed E-state index contributed by atoms with van der Waals surface area (Å²) in [5.41, 5.74) is 0.786. The molecule has 0 radical (unpaired) electrons. The molecule has 1 aromatic heterocycles. The minimum absolute atomic E-state index is 0.406. The number of aliphatic carboxylic acids is 1. The van der Waals surface area contributed by atoms with Gasteiger partial charge < -0.3 is 10.4 Å². The van der Waals surface area contributed by atoms with Crippen molar-refractivity contribution in [3.05, 3.63) is 36.2 Å². The molecule has 0 saturated carbocycles. The van der Waals surface area contributed by atoms with Crippen LogP contribution in [0.15, 0.2) is 30.6 Å². The number of rotatable bonds is 7. The van der Waals surface area contributed by atoms with Crippen LogP contribution in [0.25, 0.3) is 6.08 Å². The number of nitrogens with one attached hydrogen (secondary N) is 1. The number of carboxylic acid groups (broad SMARTS) is 1. The fourth-order valence-corrected chi connectivity index (χ4v) is 1.83. The third kappa shape index (κ3) is 6.05. The van der Waals surface area contributed by atoms with E-state index < -0.39 is 17.9 Å². The van der Waals surface area contributed by atoms with Crippen LogP contribution in [0.3, 0.4) is 0 Å². The molecule has 0 unspecified atom stereocenters. The molecule has 2 N–H and O–H groups in total. The van der Waals surface area contributed by atoms with Crippen LogP contribution in [-0.2, 0) is 9.59 Å². The number of carbonyl (C=O) groups excluding carboxylic acids is 1. The Morgan fingerprint density at radius 3 is 2.95 bits per heavy atom. The second-order valence-corrected chi connectivity index (χ2v) is 4.79. The van der Waals surface area contributed by atoms with Crippen molar-refractivity contribution in [3.8, 4) is 0 Å². The summed E-state index contributed by atoms with van der Waals surface area (Å²) >= 11 is 1.54. The van der Waals surface area contributed by atoms with Crippen LogP contribution < -0.4 is 5.32 Å². The van der Waals surface area contributed by atoms with Crippen molar-refractivity contribution in [2.24, 2.45) is 0 Å². The smallest absolute Gasteiger partial charge is 0.326 e. The first-order valence-electron chi connectivity index (χ1n) is 5.74. The summed E-state index contributed by atoms with van der Waals surface area (Å²) in [6.07, 6.45) is 8.46. The summed E-state index contributed by atoms with van der Waals surface area (Å²) in [6, 6.07) is 2.72. The van der Waals surface area contributed by atoms with Gasteiger partial charge in [0.2, 0.25) is 5.91 Å². The molecule has 1 heterocycles. The van der Waals surface area contributed by atoms with Gasteiger partial charge in [0.05, 0.1) is 0 Å². The van der Waals surface area contributed by atoms with Crippen molar-refractivity contribution in [1.82, 2.24) is 10.3 Å². The Morgan fingerprint density at radius 1 is 1.58 bits per heavy atom. The Morgan fingerprint density at radius 2 is 2.37 bits per heavy atom. The molecule has 0 aromatic carbocycles. The van der Waals surface area contributed by atoms with E-state index in [9.17, 15) is 9.59 Å². The van der Waals surface area contributed by atoms with Crippen LogP contribution in [0.1, 0.15) is 12.0 Å². The first-order chi connectivity index (χ1) is 9.13. The van der Waals surface area contributed by atoms with Gasteiger partial charge in [-0.05, 0) is 36.1 Å². The van der Waals surface area contributed by atoms with Crippen LogP contribution in [0, 0.1) is 0 Å². The predicted molar refractivity (Wildman–Crippen MR) is 75.8 cm³/mol. The van der Waals surface area contributed by atoms with Crippen molar-refractivity contribution >= 4 is 29.7 Å². The topological polar surface area (TPSA) is 79.3 Å². The summed E-state index contributed by atoms with van der Waals surface area (Å²) < 4.78 is 0. The number of thioether (sulfide) groups is 1. The molecular weight excluding hydrogens is 264 g/mol. The zero-order valence-electron chi connectivity index (χ0n) is 10.6. The lowest BCUT2D eigenvalue weighted by Gasteiger charge is -2.12. The van der Waals surface area contributed by atoms with Gasteiger partial charge in [0, 0.05) is 18.5 Å². The Bertz CT molecular complexity index is 448. The molecule has 0 bridgehead atoms. The van der Waals surface area contributed by atoms with Gasteiger partial charge >= 0.3 is 5.97 Å². The molecule has 1 atom stereocenters. The van der Waals surface area contributed by atoms with Crippen molar-refractivity contribution in [1.29, 1.82) is 0 Å². The second kappa shape index (κ2) is 8.31. The van der Waals surface area contributed by atoms with Gasteiger partial charge in [-0.1, -0.05) is 6.07 Å². The Kier molecular flexibility index (Phi) is 6.67.